The highest BCUT2D eigenvalue weighted by Crippen LogP contribution is 2.24. The van der Waals surface area contributed by atoms with Crippen LogP contribution in [0, 0.1) is 6.92 Å². The summed E-state index contributed by atoms with van der Waals surface area (Å²) in [4.78, 5) is 18.2. The van der Waals surface area contributed by atoms with Gasteiger partial charge in [0.2, 0.25) is 0 Å². The largest absolute Gasteiger partial charge is 0.346 e. The van der Waals surface area contributed by atoms with E-state index in [0.29, 0.717) is 12.5 Å². The molecule has 0 fully saturated rings. The first-order valence-electron chi connectivity index (χ1n) is 5.85. The third kappa shape index (κ3) is 2.97. The van der Waals surface area contributed by atoms with Gasteiger partial charge < -0.3 is 5.32 Å². The fourth-order valence-electron chi connectivity index (χ4n) is 1.69. The Kier molecular flexibility index (Phi) is 4.14. The highest BCUT2D eigenvalue weighted by Gasteiger charge is 2.15. The zero-order valence-corrected chi connectivity index (χ0v) is 12.3. The maximum Gasteiger partial charge on any atom is 0.261 e. The van der Waals surface area contributed by atoms with Crippen LogP contribution in [0.1, 0.15) is 44.9 Å². The maximum atomic E-state index is 12.1. The fraction of sp³-hybridized carbons (Fsp3) is 0.385. The summed E-state index contributed by atoms with van der Waals surface area (Å²) in [6.45, 7) is 6.72. The van der Waals surface area contributed by atoms with E-state index in [1.54, 1.807) is 11.3 Å². The molecular weight excluding hydrogens is 264 g/mol. The van der Waals surface area contributed by atoms with Crippen LogP contribution < -0.4 is 5.32 Å². The molecule has 0 aliphatic rings. The Labute approximate surface area is 115 Å². The Morgan fingerprint density at radius 3 is 2.89 bits per heavy atom. The number of thiophene rings is 1. The molecule has 18 heavy (non-hydrogen) atoms. The number of hydrogen-bond acceptors (Lipinski definition) is 4. The van der Waals surface area contributed by atoms with Gasteiger partial charge in [0, 0.05) is 11.1 Å². The molecule has 2 aromatic rings. The topological polar surface area (TPSA) is 42.0 Å². The second-order valence-corrected chi connectivity index (χ2v) is 6.62. The van der Waals surface area contributed by atoms with Crippen molar-refractivity contribution in [1.82, 2.24) is 10.3 Å². The van der Waals surface area contributed by atoms with Gasteiger partial charge in [-0.3, -0.25) is 4.79 Å². The molecule has 96 valence electrons. The van der Waals surface area contributed by atoms with Crippen LogP contribution in [0.5, 0.6) is 0 Å². The van der Waals surface area contributed by atoms with E-state index >= 15 is 0 Å². The van der Waals surface area contributed by atoms with Gasteiger partial charge >= 0.3 is 0 Å². The van der Waals surface area contributed by atoms with E-state index in [0.717, 1.165) is 20.3 Å². The minimum Gasteiger partial charge on any atom is -0.346 e. The summed E-state index contributed by atoms with van der Waals surface area (Å²) in [5.74, 6) is 0.391. The SMILES string of the molecule is Cc1ncc(CNC(=O)c2sccc2C(C)C)s1. The van der Waals surface area contributed by atoms with Crippen LogP contribution in [-0.2, 0) is 6.54 Å². The second kappa shape index (κ2) is 5.63. The van der Waals surface area contributed by atoms with Gasteiger partial charge in [0.05, 0.1) is 16.4 Å². The van der Waals surface area contributed by atoms with Crippen LogP contribution in [0.2, 0.25) is 0 Å². The summed E-state index contributed by atoms with van der Waals surface area (Å²) >= 11 is 3.12. The first-order chi connectivity index (χ1) is 8.58. The highest BCUT2D eigenvalue weighted by atomic mass is 32.1. The molecule has 5 heteroatoms. The van der Waals surface area contributed by atoms with Crippen molar-refractivity contribution in [2.24, 2.45) is 0 Å². The van der Waals surface area contributed by atoms with Gasteiger partial charge in [-0.1, -0.05) is 13.8 Å². The molecule has 0 aliphatic heterocycles. The minimum absolute atomic E-state index is 0.0137. The molecule has 0 atom stereocenters. The first-order valence-corrected chi connectivity index (χ1v) is 7.54. The third-order valence-corrected chi connectivity index (χ3v) is 4.46. The van der Waals surface area contributed by atoms with E-state index in [9.17, 15) is 4.79 Å². The summed E-state index contributed by atoms with van der Waals surface area (Å²) in [7, 11) is 0. The fourth-order valence-corrected chi connectivity index (χ4v) is 3.40. The van der Waals surface area contributed by atoms with Crippen LogP contribution in [0.15, 0.2) is 17.6 Å². The van der Waals surface area contributed by atoms with E-state index in [4.69, 9.17) is 0 Å². The van der Waals surface area contributed by atoms with Gasteiger partial charge in [-0.2, -0.15) is 0 Å². The zero-order valence-electron chi connectivity index (χ0n) is 10.7. The molecule has 0 bridgehead atoms. The minimum atomic E-state index is 0.0137. The van der Waals surface area contributed by atoms with Gasteiger partial charge in [-0.05, 0) is 29.9 Å². The summed E-state index contributed by atoms with van der Waals surface area (Å²) in [5, 5.41) is 5.95. The Morgan fingerprint density at radius 2 is 2.28 bits per heavy atom. The summed E-state index contributed by atoms with van der Waals surface area (Å²) in [6.07, 6.45) is 1.82. The van der Waals surface area contributed by atoms with E-state index in [1.807, 2.05) is 24.6 Å². The molecule has 2 aromatic heterocycles. The van der Waals surface area contributed by atoms with Crippen LogP contribution >= 0.6 is 22.7 Å². The lowest BCUT2D eigenvalue weighted by Crippen LogP contribution is -2.22. The van der Waals surface area contributed by atoms with Crippen molar-refractivity contribution in [2.75, 3.05) is 0 Å². The standard InChI is InChI=1S/C13H16N2OS2/c1-8(2)11-4-5-17-12(11)13(16)15-7-10-6-14-9(3)18-10/h4-6,8H,7H2,1-3H3,(H,15,16). The quantitative estimate of drug-likeness (QED) is 0.930. The van der Waals surface area contributed by atoms with Crippen molar-refractivity contribution in [3.63, 3.8) is 0 Å². The molecule has 1 amide bonds. The average molecular weight is 280 g/mol. The van der Waals surface area contributed by atoms with Gasteiger partial charge in [0.1, 0.15) is 0 Å². The number of thiazole rings is 1. The predicted octanol–water partition coefficient (Wildman–Crippen LogP) is 3.57. The van der Waals surface area contributed by atoms with Gasteiger partial charge in [0.25, 0.3) is 5.91 Å². The molecule has 0 aromatic carbocycles. The Balaban J connectivity index is 2.01. The molecule has 0 saturated carbocycles. The molecule has 0 radical (unpaired) electrons. The smallest absolute Gasteiger partial charge is 0.261 e. The normalized spacial score (nSPS) is 10.9. The number of aryl methyl sites for hydroxylation is 1. The monoisotopic (exact) mass is 280 g/mol. The van der Waals surface area contributed by atoms with Crippen LogP contribution in [-0.4, -0.2) is 10.9 Å². The maximum absolute atomic E-state index is 12.1. The van der Waals surface area contributed by atoms with Crippen LogP contribution in [0.4, 0.5) is 0 Å². The second-order valence-electron chi connectivity index (χ2n) is 4.39. The average Bonchev–Trinajstić information content (AvgIpc) is 2.94. The summed E-state index contributed by atoms with van der Waals surface area (Å²) in [6, 6.07) is 2.03. The summed E-state index contributed by atoms with van der Waals surface area (Å²) < 4.78 is 0. The van der Waals surface area contributed by atoms with E-state index in [2.05, 4.69) is 24.1 Å². The van der Waals surface area contributed by atoms with Gasteiger partial charge in [-0.15, -0.1) is 22.7 Å². The van der Waals surface area contributed by atoms with E-state index in [1.165, 1.54) is 11.3 Å². The lowest BCUT2D eigenvalue weighted by Gasteiger charge is -2.07. The number of carbonyl (C=O) groups is 1. The lowest BCUT2D eigenvalue weighted by molar-refractivity contribution is 0.0954. The molecule has 0 unspecified atom stereocenters. The van der Waals surface area contributed by atoms with E-state index < -0.39 is 0 Å². The molecule has 0 aliphatic carbocycles. The Morgan fingerprint density at radius 1 is 1.50 bits per heavy atom. The van der Waals surface area contributed by atoms with Crippen molar-refractivity contribution in [2.45, 2.75) is 33.2 Å². The van der Waals surface area contributed by atoms with Gasteiger partial charge in [-0.25, -0.2) is 4.98 Å². The van der Waals surface area contributed by atoms with Crippen molar-refractivity contribution < 1.29 is 4.79 Å². The van der Waals surface area contributed by atoms with Crippen LogP contribution in [0.25, 0.3) is 0 Å². The molecule has 0 saturated heterocycles. The number of carbonyl (C=O) groups excluding carboxylic acids is 1. The number of nitrogens with one attached hydrogen (secondary N) is 1. The van der Waals surface area contributed by atoms with Crippen molar-refractivity contribution >= 4 is 28.6 Å². The van der Waals surface area contributed by atoms with Crippen LogP contribution in [0.3, 0.4) is 0 Å². The molecule has 2 heterocycles. The molecule has 3 nitrogen and oxygen atoms in total. The Bertz CT molecular complexity index is 543. The zero-order chi connectivity index (χ0) is 13.1. The predicted molar refractivity (Wildman–Crippen MR) is 76.4 cm³/mol. The molecule has 0 spiro atoms. The first kappa shape index (κ1) is 13.2. The lowest BCUT2D eigenvalue weighted by atomic mass is 10.0. The summed E-state index contributed by atoms with van der Waals surface area (Å²) in [5.41, 5.74) is 1.12. The number of amides is 1. The Hall–Kier alpha value is -1.20. The number of aromatic nitrogens is 1. The molecule has 2 rings (SSSR count). The number of nitrogens with zero attached hydrogens (tertiary/aromatic N) is 1. The van der Waals surface area contributed by atoms with Crippen molar-refractivity contribution in [3.8, 4) is 0 Å². The highest BCUT2D eigenvalue weighted by molar-refractivity contribution is 7.12. The van der Waals surface area contributed by atoms with Crippen molar-refractivity contribution in [3.05, 3.63) is 38.0 Å². The van der Waals surface area contributed by atoms with Crippen molar-refractivity contribution in [1.29, 1.82) is 0 Å². The molecular formula is C13H16N2OS2. The van der Waals surface area contributed by atoms with Gasteiger partial charge in [0.15, 0.2) is 0 Å². The number of rotatable bonds is 4. The third-order valence-electron chi connectivity index (χ3n) is 2.62. The van der Waals surface area contributed by atoms with E-state index in [-0.39, 0.29) is 5.91 Å². The molecule has 1 N–H and O–H groups in total. The number of hydrogen-bond donors (Lipinski definition) is 1.